The van der Waals surface area contributed by atoms with E-state index in [1.807, 2.05) is 0 Å². The van der Waals surface area contributed by atoms with Gasteiger partial charge in [0.05, 0.1) is 33.4 Å². The smallest absolute Gasteiger partial charge is 0.111 e. The third-order valence-electron chi connectivity index (χ3n) is 10.8. The minimum absolute atomic E-state index is 0.166. The van der Waals surface area contributed by atoms with Gasteiger partial charge in [0.1, 0.15) is 11.6 Å². The number of hydrogen-bond acceptors (Lipinski definition) is 2. The van der Waals surface area contributed by atoms with Crippen LogP contribution in [0.2, 0.25) is 0 Å². The lowest BCUT2D eigenvalue weighted by molar-refractivity contribution is 0.662. The van der Waals surface area contributed by atoms with E-state index in [0.29, 0.717) is 0 Å². The van der Waals surface area contributed by atoms with Gasteiger partial charge in [0.15, 0.2) is 0 Å². The zero-order valence-electron chi connectivity index (χ0n) is 28.0. The van der Waals surface area contributed by atoms with E-state index >= 15 is 0 Å². The van der Waals surface area contributed by atoms with Crippen LogP contribution in [-0.4, -0.2) is 19.1 Å². The van der Waals surface area contributed by atoms with Gasteiger partial charge in [0.25, 0.3) is 0 Å². The highest BCUT2D eigenvalue weighted by atomic mass is 15.1. The molecule has 0 unspecified atom stereocenters. The van der Waals surface area contributed by atoms with Gasteiger partial charge < -0.3 is 0 Å². The maximum atomic E-state index is 4.98. The summed E-state index contributed by atoms with van der Waals surface area (Å²) < 4.78 is 4.64. The molecule has 0 amide bonds. The molecule has 2 heterocycles. The number of fused-ring (bicyclic) bond motifs is 7. The van der Waals surface area contributed by atoms with Gasteiger partial charge in [-0.15, -0.1) is 0 Å². The van der Waals surface area contributed by atoms with Crippen molar-refractivity contribution in [2.45, 2.75) is 33.1 Å². The summed E-state index contributed by atoms with van der Waals surface area (Å²) in [7, 11) is 0. The molecular formula is C45H34N4. The fourth-order valence-electron chi connectivity index (χ4n) is 8.77. The van der Waals surface area contributed by atoms with Crippen molar-refractivity contribution in [3.05, 3.63) is 156 Å². The Morgan fingerprint density at radius 2 is 0.959 bits per heavy atom. The van der Waals surface area contributed by atoms with Crippen LogP contribution in [0.1, 0.15) is 36.6 Å². The van der Waals surface area contributed by atoms with Gasteiger partial charge in [-0.05, 0) is 100 Å². The highest BCUT2D eigenvalue weighted by molar-refractivity contribution is 6.18. The number of aryl methyl sites for hydroxylation is 2. The molecule has 10 rings (SSSR count). The van der Waals surface area contributed by atoms with Crippen molar-refractivity contribution in [2.75, 3.05) is 0 Å². The second-order valence-electron chi connectivity index (χ2n) is 13.9. The Hall–Kier alpha value is -6.00. The van der Waals surface area contributed by atoms with Gasteiger partial charge in [0.2, 0.25) is 0 Å². The molecule has 7 aromatic carbocycles. The van der Waals surface area contributed by atoms with E-state index in [0.717, 1.165) is 45.1 Å². The maximum Gasteiger partial charge on any atom is 0.111 e. The highest BCUT2D eigenvalue weighted by Crippen LogP contribution is 2.54. The van der Waals surface area contributed by atoms with Gasteiger partial charge >= 0.3 is 0 Å². The summed E-state index contributed by atoms with van der Waals surface area (Å²) in [6, 6.07) is 48.6. The lowest BCUT2D eigenvalue weighted by Crippen LogP contribution is -2.16. The van der Waals surface area contributed by atoms with E-state index in [1.54, 1.807) is 0 Å². The molecule has 9 aromatic rings. The van der Waals surface area contributed by atoms with E-state index in [2.05, 4.69) is 170 Å². The molecule has 0 radical (unpaired) electrons. The van der Waals surface area contributed by atoms with E-state index in [1.165, 1.54) is 54.9 Å². The molecule has 0 atom stereocenters. The fourth-order valence-corrected chi connectivity index (χ4v) is 8.77. The highest BCUT2D eigenvalue weighted by Gasteiger charge is 2.38. The average molecular weight is 631 g/mol. The summed E-state index contributed by atoms with van der Waals surface area (Å²) >= 11 is 0. The quantitative estimate of drug-likeness (QED) is 0.182. The van der Waals surface area contributed by atoms with E-state index in [9.17, 15) is 0 Å². The van der Waals surface area contributed by atoms with Gasteiger partial charge in [-0.2, -0.15) is 0 Å². The van der Waals surface area contributed by atoms with Gasteiger partial charge in [-0.1, -0.05) is 105 Å². The molecule has 1 aliphatic carbocycles. The molecule has 0 aliphatic heterocycles. The summed E-state index contributed by atoms with van der Waals surface area (Å²) in [6.45, 7) is 8.98. The van der Waals surface area contributed by atoms with Crippen LogP contribution in [0, 0.1) is 13.8 Å². The van der Waals surface area contributed by atoms with Crippen LogP contribution >= 0.6 is 0 Å². The summed E-state index contributed by atoms with van der Waals surface area (Å²) in [6.07, 6.45) is 0. The monoisotopic (exact) mass is 630 g/mol. The first kappa shape index (κ1) is 28.1. The molecule has 0 spiro atoms. The van der Waals surface area contributed by atoms with Crippen molar-refractivity contribution in [3.63, 3.8) is 0 Å². The molecule has 234 valence electrons. The molecule has 0 bridgehead atoms. The van der Waals surface area contributed by atoms with Crippen molar-refractivity contribution in [1.29, 1.82) is 0 Å². The molecule has 49 heavy (non-hydrogen) atoms. The molecule has 0 saturated heterocycles. The molecule has 4 nitrogen and oxygen atoms in total. The first-order valence-corrected chi connectivity index (χ1v) is 17.0. The molecular weight excluding hydrogens is 597 g/mol. The lowest BCUT2D eigenvalue weighted by atomic mass is 9.77. The Kier molecular flexibility index (Phi) is 5.73. The SMILES string of the molecule is Cc1nc2ccccc2n1-c1cccc2c(-c3cccc4c3C(C)(C)c3ccccc3-4)c3cccc(-n4c(C)nc5ccccc54)c3cc12. The number of hydrogen-bond donors (Lipinski definition) is 0. The topological polar surface area (TPSA) is 35.6 Å². The summed E-state index contributed by atoms with van der Waals surface area (Å²) in [4.78, 5) is 9.97. The number of imidazole rings is 2. The first-order valence-electron chi connectivity index (χ1n) is 17.0. The third-order valence-corrected chi connectivity index (χ3v) is 10.8. The van der Waals surface area contributed by atoms with Crippen LogP contribution < -0.4 is 0 Å². The largest absolute Gasteiger partial charge is 0.296 e. The number of benzene rings is 7. The number of para-hydroxylation sites is 4. The second-order valence-corrected chi connectivity index (χ2v) is 13.9. The van der Waals surface area contributed by atoms with Crippen molar-refractivity contribution in [2.24, 2.45) is 0 Å². The minimum Gasteiger partial charge on any atom is -0.296 e. The van der Waals surface area contributed by atoms with Crippen LogP contribution in [0.15, 0.2) is 133 Å². The summed E-state index contributed by atoms with van der Waals surface area (Å²) in [5.41, 5.74) is 14.3. The molecule has 0 saturated carbocycles. The second kappa shape index (κ2) is 10.0. The lowest BCUT2D eigenvalue weighted by Gasteiger charge is -2.26. The van der Waals surface area contributed by atoms with E-state index in [4.69, 9.17) is 9.97 Å². The van der Waals surface area contributed by atoms with Gasteiger partial charge in [0, 0.05) is 16.2 Å². The molecule has 2 aromatic heterocycles. The van der Waals surface area contributed by atoms with Gasteiger partial charge in [-0.3, -0.25) is 9.13 Å². The Balaban J connectivity index is 1.39. The number of rotatable bonds is 3. The van der Waals surface area contributed by atoms with Crippen molar-refractivity contribution >= 4 is 43.6 Å². The van der Waals surface area contributed by atoms with E-state index in [-0.39, 0.29) is 5.41 Å². The predicted molar refractivity (Wildman–Crippen MR) is 203 cm³/mol. The third kappa shape index (κ3) is 3.80. The van der Waals surface area contributed by atoms with Crippen molar-refractivity contribution in [3.8, 4) is 33.6 Å². The van der Waals surface area contributed by atoms with Crippen molar-refractivity contribution < 1.29 is 0 Å². The Morgan fingerprint density at radius 1 is 0.469 bits per heavy atom. The minimum atomic E-state index is -0.166. The van der Waals surface area contributed by atoms with Crippen LogP contribution in [0.5, 0.6) is 0 Å². The average Bonchev–Trinajstić information content (AvgIpc) is 3.72. The van der Waals surface area contributed by atoms with Gasteiger partial charge in [-0.25, -0.2) is 9.97 Å². The zero-order chi connectivity index (χ0) is 33.0. The Morgan fingerprint density at radius 3 is 1.57 bits per heavy atom. The maximum absolute atomic E-state index is 4.98. The van der Waals surface area contributed by atoms with Crippen LogP contribution in [0.4, 0.5) is 0 Å². The Labute approximate surface area is 284 Å². The predicted octanol–water partition coefficient (Wildman–Crippen LogP) is 11.3. The number of nitrogens with zero attached hydrogens (tertiary/aromatic N) is 4. The first-order chi connectivity index (χ1) is 23.9. The fraction of sp³-hybridized carbons (Fsp3) is 0.111. The normalized spacial score (nSPS) is 13.5. The van der Waals surface area contributed by atoms with Crippen LogP contribution in [-0.2, 0) is 5.41 Å². The van der Waals surface area contributed by atoms with E-state index < -0.39 is 0 Å². The van der Waals surface area contributed by atoms with Crippen LogP contribution in [0.25, 0.3) is 77.2 Å². The number of aromatic nitrogens is 4. The summed E-state index contributed by atoms with van der Waals surface area (Å²) in [5.74, 6) is 1.94. The molecule has 0 fully saturated rings. The van der Waals surface area contributed by atoms with Crippen molar-refractivity contribution in [1.82, 2.24) is 19.1 Å². The zero-order valence-corrected chi connectivity index (χ0v) is 28.0. The standard InChI is InChI=1S/C45H34N4/c1-27-46-37-20-7-9-22-41(37)48(27)39-24-12-15-30-34(39)26-35-31(16-13-25-40(35)49-28(2)47-38-21-8-10-23-42(38)49)43(30)33-18-11-17-32-29-14-5-6-19-36(29)45(3,4)44(32)33/h5-26H,1-4H3. The molecule has 0 N–H and O–H groups in total. The molecule has 4 heteroatoms. The Bertz CT molecular complexity index is 2690. The summed E-state index contributed by atoms with van der Waals surface area (Å²) in [5, 5.41) is 4.84. The van der Waals surface area contributed by atoms with Crippen LogP contribution in [0.3, 0.4) is 0 Å². The molecule has 1 aliphatic rings.